The van der Waals surface area contributed by atoms with E-state index >= 15 is 0 Å². The number of guanidine groups is 1. The monoisotopic (exact) mass is 308 g/mol. The standard InChI is InChI=1S/C11H12N6OS2/c12-9(13)17-10(14)19-5-8(18)16-11-15-6-3-1-2-4-7(6)20-11/h1-4H,5H2,(H,15,16,18)(H5,12,13,14,17). The minimum atomic E-state index is -0.260. The van der Waals surface area contributed by atoms with E-state index in [1.807, 2.05) is 24.3 Å². The third-order valence-corrected chi connectivity index (χ3v) is 3.83. The van der Waals surface area contributed by atoms with Crippen LogP contribution in [0.1, 0.15) is 0 Å². The van der Waals surface area contributed by atoms with E-state index in [9.17, 15) is 4.79 Å². The summed E-state index contributed by atoms with van der Waals surface area (Å²) in [6, 6.07) is 7.62. The van der Waals surface area contributed by atoms with E-state index in [0.29, 0.717) is 5.13 Å². The fraction of sp³-hybridized carbons (Fsp3) is 0.0909. The van der Waals surface area contributed by atoms with Gasteiger partial charge in [0.05, 0.1) is 16.0 Å². The fourth-order valence-electron chi connectivity index (χ4n) is 1.36. The Balaban J connectivity index is 1.91. The molecule has 9 heteroatoms. The predicted molar refractivity (Wildman–Crippen MR) is 84.2 cm³/mol. The highest BCUT2D eigenvalue weighted by Crippen LogP contribution is 2.25. The quantitative estimate of drug-likeness (QED) is 0.499. The third kappa shape index (κ3) is 3.93. The van der Waals surface area contributed by atoms with E-state index in [1.165, 1.54) is 11.3 Å². The number of nitrogens with zero attached hydrogens (tertiary/aromatic N) is 2. The summed E-state index contributed by atoms with van der Waals surface area (Å²) in [4.78, 5) is 19.5. The fourth-order valence-corrected chi connectivity index (χ4v) is 2.76. The molecule has 1 aromatic heterocycles. The Morgan fingerprint density at radius 1 is 1.45 bits per heavy atom. The van der Waals surface area contributed by atoms with Gasteiger partial charge in [-0.15, -0.1) is 0 Å². The third-order valence-electron chi connectivity index (χ3n) is 2.11. The average molecular weight is 308 g/mol. The summed E-state index contributed by atoms with van der Waals surface area (Å²) in [5, 5.41) is 10.5. The number of hydrogen-bond donors (Lipinski definition) is 4. The lowest BCUT2D eigenvalue weighted by molar-refractivity contribution is -0.113. The number of anilines is 1. The Labute approximate surface area is 123 Å². The number of carbonyl (C=O) groups is 1. The number of nitrogens with one attached hydrogen (secondary N) is 2. The molecule has 1 heterocycles. The van der Waals surface area contributed by atoms with Gasteiger partial charge in [-0.3, -0.25) is 10.2 Å². The van der Waals surface area contributed by atoms with Crippen molar-refractivity contribution in [1.82, 2.24) is 4.98 Å². The smallest absolute Gasteiger partial charge is 0.236 e. The van der Waals surface area contributed by atoms with Gasteiger partial charge in [0.25, 0.3) is 0 Å². The summed E-state index contributed by atoms with van der Waals surface area (Å²) in [5.74, 6) is -0.412. The highest BCUT2D eigenvalue weighted by atomic mass is 32.2. The number of para-hydroxylation sites is 1. The van der Waals surface area contributed by atoms with Crippen molar-refractivity contribution in [2.24, 2.45) is 16.5 Å². The molecule has 0 aliphatic carbocycles. The molecule has 0 saturated heterocycles. The van der Waals surface area contributed by atoms with Crippen molar-refractivity contribution >= 4 is 55.5 Å². The number of carbonyl (C=O) groups excluding carboxylic acids is 1. The lowest BCUT2D eigenvalue weighted by atomic mass is 10.3. The summed E-state index contributed by atoms with van der Waals surface area (Å²) >= 11 is 2.34. The Morgan fingerprint density at radius 3 is 2.90 bits per heavy atom. The molecule has 0 saturated carbocycles. The molecule has 104 valence electrons. The van der Waals surface area contributed by atoms with Gasteiger partial charge < -0.3 is 16.8 Å². The van der Waals surface area contributed by atoms with Crippen LogP contribution in [0.15, 0.2) is 29.3 Å². The van der Waals surface area contributed by atoms with Gasteiger partial charge in [-0.05, 0) is 12.1 Å². The van der Waals surface area contributed by atoms with Crippen LogP contribution in [0.3, 0.4) is 0 Å². The molecule has 0 atom stereocenters. The largest absolute Gasteiger partial charge is 0.370 e. The number of amidine groups is 1. The summed E-state index contributed by atoms with van der Waals surface area (Å²) < 4.78 is 1.00. The molecule has 1 aromatic carbocycles. The van der Waals surface area contributed by atoms with Gasteiger partial charge in [-0.2, -0.15) is 4.99 Å². The Hall–Kier alpha value is -2.13. The molecular weight excluding hydrogens is 296 g/mol. The number of thiazole rings is 1. The maximum Gasteiger partial charge on any atom is 0.236 e. The van der Waals surface area contributed by atoms with Gasteiger partial charge >= 0.3 is 0 Å². The zero-order valence-electron chi connectivity index (χ0n) is 10.3. The van der Waals surface area contributed by atoms with Crippen LogP contribution in [0.25, 0.3) is 10.2 Å². The van der Waals surface area contributed by atoms with Crippen LogP contribution >= 0.6 is 23.1 Å². The van der Waals surface area contributed by atoms with Crippen LogP contribution in [0, 0.1) is 5.41 Å². The number of thioether (sulfide) groups is 1. The second-order valence-electron chi connectivity index (χ2n) is 3.67. The van der Waals surface area contributed by atoms with E-state index in [2.05, 4.69) is 15.3 Å². The lowest BCUT2D eigenvalue weighted by Gasteiger charge is -2.00. The van der Waals surface area contributed by atoms with Gasteiger partial charge in [0.2, 0.25) is 5.91 Å². The second-order valence-corrected chi connectivity index (χ2v) is 5.66. The van der Waals surface area contributed by atoms with Crippen LogP contribution in [0.2, 0.25) is 0 Å². The van der Waals surface area contributed by atoms with E-state index in [4.69, 9.17) is 16.9 Å². The number of aromatic nitrogens is 1. The number of rotatable bonds is 3. The first kappa shape index (κ1) is 14.3. The van der Waals surface area contributed by atoms with Crippen molar-refractivity contribution in [3.8, 4) is 0 Å². The zero-order chi connectivity index (χ0) is 14.5. The van der Waals surface area contributed by atoms with Crippen molar-refractivity contribution < 1.29 is 4.79 Å². The maximum atomic E-state index is 11.7. The average Bonchev–Trinajstić information content (AvgIpc) is 2.77. The number of benzene rings is 1. The Bertz CT molecular complexity index is 643. The summed E-state index contributed by atoms with van der Waals surface area (Å²) in [6.45, 7) is 0. The molecule has 2 rings (SSSR count). The minimum Gasteiger partial charge on any atom is -0.370 e. The molecule has 2 aromatic rings. The van der Waals surface area contributed by atoms with Gasteiger partial charge in [-0.25, -0.2) is 4.98 Å². The van der Waals surface area contributed by atoms with Crippen molar-refractivity contribution in [3.63, 3.8) is 0 Å². The molecule has 0 bridgehead atoms. The van der Waals surface area contributed by atoms with E-state index < -0.39 is 0 Å². The van der Waals surface area contributed by atoms with Gasteiger partial charge in [0.1, 0.15) is 0 Å². The lowest BCUT2D eigenvalue weighted by Crippen LogP contribution is -2.24. The highest BCUT2D eigenvalue weighted by molar-refractivity contribution is 8.14. The van der Waals surface area contributed by atoms with E-state index in [-0.39, 0.29) is 22.8 Å². The number of aliphatic imine (C=N–C) groups is 1. The molecule has 0 aliphatic rings. The van der Waals surface area contributed by atoms with E-state index in [0.717, 1.165) is 22.0 Å². The van der Waals surface area contributed by atoms with Crippen LogP contribution in [0.4, 0.5) is 5.13 Å². The van der Waals surface area contributed by atoms with Crippen molar-refractivity contribution in [1.29, 1.82) is 5.41 Å². The van der Waals surface area contributed by atoms with Crippen molar-refractivity contribution in [2.75, 3.05) is 11.1 Å². The summed E-state index contributed by atoms with van der Waals surface area (Å²) in [7, 11) is 0. The Kier molecular flexibility index (Phi) is 4.53. The first-order valence-electron chi connectivity index (χ1n) is 5.51. The predicted octanol–water partition coefficient (Wildman–Crippen LogP) is 1.18. The molecule has 6 N–H and O–H groups in total. The molecule has 0 spiro atoms. The van der Waals surface area contributed by atoms with E-state index in [1.54, 1.807) is 0 Å². The highest BCUT2D eigenvalue weighted by Gasteiger charge is 2.08. The maximum absolute atomic E-state index is 11.7. The van der Waals surface area contributed by atoms with Crippen LogP contribution in [-0.2, 0) is 4.79 Å². The topological polar surface area (TPSA) is 130 Å². The molecule has 1 amide bonds. The second kappa shape index (κ2) is 6.35. The normalized spacial score (nSPS) is 10.2. The molecule has 0 fully saturated rings. The minimum absolute atomic E-state index is 0.0472. The SMILES string of the molecule is N=C(N=C(N)N)SCC(=O)Nc1nc2ccccc2s1. The summed E-state index contributed by atoms with van der Waals surface area (Å²) in [6.07, 6.45) is 0. The van der Waals surface area contributed by atoms with Gasteiger partial charge in [0.15, 0.2) is 16.3 Å². The molecule has 20 heavy (non-hydrogen) atoms. The summed E-state index contributed by atoms with van der Waals surface area (Å²) in [5.41, 5.74) is 11.1. The number of hydrogen-bond acceptors (Lipinski definition) is 5. The molecule has 0 radical (unpaired) electrons. The van der Waals surface area contributed by atoms with Crippen LogP contribution in [-0.4, -0.2) is 27.8 Å². The number of amides is 1. The van der Waals surface area contributed by atoms with Crippen molar-refractivity contribution in [3.05, 3.63) is 24.3 Å². The molecule has 0 unspecified atom stereocenters. The first-order valence-corrected chi connectivity index (χ1v) is 7.31. The van der Waals surface area contributed by atoms with Gasteiger partial charge in [0, 0.05) is 0 Å². The number of nitrogens with two attached hydrogens (primary N) is 2. The number of fused-ring (bicyclic) bond motifs is 1. The molecular formula is C11H12N6OS2. The van der Waals surface area contributed by atoms with Crippen LogP contribution in [0.5, 0.6) is 0 Å². The first-order chi connectivity index (χ1) is 9.54. The Morgan fingerprint density at radius 2 is 2.20 bits per heavy atom. The van der Waals surface area contributed by atoms with Crippen molar-refractivity contribution in [2.45, 2.75) is 0 Å². The molecule has 0 aliphatic heterocycles. The van der Waals surface area contributed by atoms with Gasteiger partial charge in [-0.1, -0.05) is 35.2 Å². The zero-order valence-corrected chi connectivity index (χ0v) is 11.9. The van der Waals surface area contributed by atoms with Crippen LogP contribution < -0.4 is 16.8 Å². The molecule has 7 nitrogen and oxygen atoms in total.